The molecule has 2 saturated heterocycles. The Morgan fingerprint density at radius 1 is 1.07 bits per heavy atom. The zero-order valence-electron chi connectivity index (χ0n) is 17.0. The Labute approximate surface area is 170 Å². The van der Waals surface area contributed by atoms with Gasteiger partial charge in [0.05, 0.1) is 18.0 Å². The first-order valence-corrected chi connectivity index (χ1v) is 9.85. The summed E-state index contributed by atoms with van der Waals surface area (Å²) in [7, 11) is 0. The van der Waals surface area contributed by atoms with E-state index < -0.39 is 35.7 Å². The van der Waals surface area contributed by atoms with Gasteiger partial charge in [0, 0.05) is 13.1 Å². The number of carbonyl (C=O) groups is 3. The molecule has 3 rings (SSSR count). The number of ether oxygens (including phenoxy) is 2. The molecular weight excluding hydrogens is 376 g/mol. The van der Waals surface area contributed by atoms with E-state index in [1.165, 1.54) is 4.90 Å². The van der Waals surface area contributed by atoms with Gasteiger partial charge in [-0.25, -0.2) is 9.59 Å². The van der Waals surface area contributed by atoms with Crippen LogP contribution in [0.15, 0.2) is 30.3 Å². The fourth-order valence-electron chi connectivity index (χ4n) is 3.96. The summed E-state index contributed by atoms with van der Waals surface area (Å²) >= 11 is 0. The second kappa shape index (κ2) is 8.31. The fraction of sp³-hybridized carbons (Fsp3) is 0.571. The molecule has 0 aliphatic carbocycles. The van der Waals surface area contributed by atoms with Crippen molar-refractivity contribution in [2.75, 3.05) is 13.1 Å². The van der Waals surface area contributed by atoms with E-state index in [0.717, 1.165) is 5.56 Å². The quantitative estimate of drug-likeness (QED) is 0.832. The van der Waals surface area contributed by atoms with Crippen molar-refractivity contribution < 1.29 is 29.0 Å². The van der Waals surface area contributed by atoms with Gasteiger partial charge in [-0.3, -0.25) is 4.79 Å². The molecule has 3 atom stereocenters. The highest BCUT2D eigenvalue weighted by molar-refractivity contribution is 5.75. The first kappa shape index (κ1) is 21.0. The van der Waals surface area contributed by atoms with E-state index >= 15 is 0 Å². The van der Waals surface area contributed by atoms with Crippen LogP contribution in [0.5, 0.6) is 0 Å². The number of aliphatic carboxylic acids is 1. The third-order valence-electron chi connectivity index (χ3n) is 5.27. The minimum atomic E-state index is -0.985. The van der Waals surface area contributed by atoms with E-state index in [1.807, 2.05) is 30.3 Å². The van der Waals surface area contributed by atoms with E-state index in [1.54, 1.807) is 25.7 Å². The lowest BCUT2D eigenvalue weighted by Gasteiger charge is -2.42. The highest BCUT2D eigenvalue weighted by Gasteiger charge is 2.49. The van der Waals surface area contributed by atoms with Crippen LogP contribution in [0.2, 0.25) is 0 Å². The zero-order chi connectivity index (χ0) is 21.2. The van der Waals surface area contributed by atoms with E-state index in [-0.39, 0.29) is 19.2 Å². The van der Waals surface area contributed by atoms with Crippen molar-refractivity contribution >= 4 is 18.2 Å². The molecular formula is C21H28N2O6. The largest absolute Gasteiger partial charge is 0.481 e. The van der Waals surface area contributed by atoms with E-state index in [2.05, 4.69) is 0 Å². The highest BCUT2D eigenvalue weighted by atomic mass is 16.6. The third kappa shape index (κ3) is 4.99. The molecule has 158 valence electrons. The van der Waals surface area contributed by atoms with Crippen LogP contribution in [-0.2, 0) is 20.9 Å². The molecule has 0 spiro atoms. The molecule has 8 nitrogen and oxygen atoms in total. The van der Waals surface area contributed by atoms with Crippen LogP contribution in [0.3, 0.4) is 0 Å². The lowest BCUT2D eigenvalue weighted by molar-refractivity contribution is -0.144. The maximum absolute atomic E-state index is 12.7. The van der Waals surface area contributed by atoms with Crippen LogP contribution < -0.4 is 0 Å². The van der Waals surface area contributed by atoms with Crippen LogP contribution in [0.25, 0.3) is 0 Å². The fourth-order valence-corrected chi connectivity index (χ4v) is 3.96. The second-order valence-corrected chi connectivity index (χ2v) is 8.56. The monoisotopic (exact) mass is 404 g/mol. The van der Waals surface area contributed by atoms with Crippen molar-refractivity contribution in [1.82, 2.24) is 9.80 Å². The number of amides is 2. The Morgan fingerprint density at radius 3 is 2.38 bits per heavy atom. The first-order chi connectivity index (χ1) is 13.7. The molecule has 1 aromatic carbocycles. The van der Waals surface area contributed by atoms with Gasteiger partial charge in [0.2, 0.25) is 0 Å². The van der Waals surface area contributed by atoms with Crippen molar-refractivity contribution in [3.8, 4) is 0 Å². The topological polar surface area (TPSA) is 96.4 Å². The van der Waals surface area contributed by atoms with Crippen LogP contribution in [-0.4, -0.2) is 63.8 Å². The van der Waals surface area contributed by atoms with Gasteiger partial charge in [-0.15, -0.1) is 0 Å². The van der Waals surface area contributed by atoms with Gasteiger partial charge in [0.1, 0.15) is 12.2 Å². The van der Waals surface area contributed by atoms with E-state index in [0.29, 0.717) is 19.4 Å². The van der Waals surface area contributed by atoms with Crippen LogP contribution >= 0.6 is 0 Å². The molecule has 0 radical (unpaired) electrons. The van der Waals surface area contributed by atoms with E-state index in [9.17, 15) is 19.5 Å². The van der Waals surface area contributed by atoms with Gasteiger partial charge in [0.25, 0.3) is 0 Å². The number of nitrogens with zero attached hydrogens (tertiary/aromatic N) is 2. The minimum Gasteiger partial charge on any atom is -0.481 e. The van der Waals surface area contributed by atoms with Crippen molar-refractivity contribution in [3.63, 3.8) is 0 Å². The van der Waals surface area contributed by atoms with Crippen LogP contribution in [0.1, 0.15) is 39.2 Å². The summed E-state index contributed by atoms with van der Waals surface area (Å²) in [5.74, 6) is -1.74. The summed E-state index contributed by atoms with van der Waals surface area (Å²) < 4.78 is 10.9. The lowest BCUT2D eigenvalue weighted by atomic mass is 9.89. The molecule has 2 aliphatic heterocycles. The Bertz CT molecular complexity index is 760. The molecule has 0 bridgehead atoms. The van der Waals surface area contributed by atoms with Crippen molar-refractivity contribution in [2.24, 2.45) is 5.92 Å². The summed E-state index contributed by atoms with van der Waals surface area (Å²) in [6, 6.07) is 8.68. The molecule has 29 heavy (non-hydrogen) atoms. The highest BCUT2D eigenvalue weighted by Crippen LogP contribution is 2.35. The number of rotatable bonds is 3. The summed E-state index contributed by atoms with van der Waals surface area (Å²) in [6.07, 6.45) is -0.175. The minimum absolute atomic E-state index is 0.0817. The SMILES string of the molecule is CC(C)(C)OC(=O)N1C[C@@H](C(=O)O)C[C@H]2[C@@H]1CCN2C(=O)OCc1ccccc1. The van der Waals surface area contributed by atoms with Gasteiger partial charge in [-0.1, -0.05) is 30.3 Å². The number of carboxylic acids is 1. The Morgan fingerprint density at radius 2 is 1.76 bits per heavy atom. The number of benzene rings is 1. The summed E-state index contributed by atoms with van der Waals surface area (Å²) in [6.45, 7) is 5.94. The number of likely N-dealkylation sites (tertiary alicyclic amines) is 2. The Balaban J connectivity index is 1.72. The Kier molecular flexibility index (Phi) is 6.00. The molecule has 1 N–H and O–H groups in total. The molecule has 2 aliphatic rings. The Hall–Kier alpha value is -2.77. The molecule has 8 heteroatoms. The molecule has 0 aromatic heterocycles. The zero-order valence-corrected chi connectivity index (χ0v) is 17.0. The van der Waals surface area contributed by atoms with Gasteiger partial charge >= 0.3 is 18.2 Å². The van der Waals surface area contributed by atoms with Crippen LogP contribution in [0, 0.1) is 5.92 Å². The number of carboxylic acid groups (broad SMARTS) is 1. The molecule has 2 amide bonds. The van der Waals surface area contributed by atoms with Crippen molar-refractivity contribution in [1.29, 1.82) is 0 Å². The number of hydrogen-bond acceptors (Lipinski definition) is 5. The van der Waals surface area contributed by atoms with Crippen molar-refractivity contribution in [3.05, 3.63) is 35.9 Å². The van der Waals surface area contributed by atoms with Gasteiger partial charge in [-0.2, -0.15) is 0 Å². The number of hydrogen-bond donors (Lipinski definition) is 1. The molecule has 0 saturated carbocycles. The maximum atomic E-state index is 12.7. The van der Waals surface area contributed by atoms with Gasteiger partial charge in [-0.05, 0) is 39.2 Å². The van der Waals surface area contributed by atoms with Gasteiger partial charge in [0.15, 0.2) is 0 Å². The molecule has 1 aromatic rings. The summed E-state index contributed by atoms with van der Waals surface area (Å²) in [4.78, 5) is 40.1. The smallest absolute Gasteiger partial charge is 0.410 e. The van der Waals surface area contributed by atoms with Crippen LogP contribution in [0.4, 0.5) is 9.59 Å². The average molecular weight is 404 g/mol. The average Bonchev–Trinajstić information content (AvgIpc) is 3.08. The summed E-state index contributed by atoms with van der Waals surface area (Å²) in [5, 5.41) is 9.55. The molecule has 0 unspecified atom stereocenters. The van der Waals surface area contributed by atoms with Crippen molar-refractivity contribution in [2.45, 2.75) is 57.9 Å². The number of carbonyl (C=O) groups excluding carboxylic acids is 2. The number of piperidine rings is 1. The second-order valence-electron chi connectivity index (χ2n) is 8.56. The predicted molar refractivity (Wildman–Crippen MR) is 104 cm³/mol. The normalized spacial score (nSPS) is 24.0. The molecule has 2 heterocycles. The lowest BCUT2D eigenvalue weighted by Crippen LogP contribution is -2.57. The summed E-state index contributed by atoms with van der Waals surface area (Å²) in [5.41, 5.74) is 0.189. The molecule has 2 fully saturated rings. The first-order valence-electron chi connectivity index (χ1n) is 9.85. The standard InChI is InChI=1S/C21H28N2O6/c1-21(2,3)29-20(27)23-12-15(18(24)25)11-17-16(23)9-10-22(17)19(26)28-13-14-7-5-4-6-8-14/h4-8,15-17H,9-13H2,1-3H3,(H,24,25)/t15-,16-,17-/m0/s1. The third-order valence-corrected chi connectivity index (χ3v) is 5.27. The number of fused-ring (bicyclic) bond motifs is 1. The van der Waals surface area contributed by atoms with Gasteiger partial charge < -0.3 is 24.4 Å². The predicted octanol–water partition coefficient (Wildman–Crippen LogP) is 3.11. The van der Waals surface area contributed by atoms with E-state index in [4.69, 9.17) is 9.47 Å². The maximum Gasteiger partial charge on any atom is 0.410 e.